The number of halogens is 1. The number of amides is 2. The van der Waals surface area contributed by atoms with Crippen LogP contribution in [0.1, 0.15) is 35.7 Å². The number of ether oxygens (including phenoxy) is 2. The Morgan fingerprint density at radius 1 is 1.10 bits per heavy atom. The summed E-state index contributed by atoms with van der Waals surface area (Å²) in [4.78, 5) is 25.9. The minimum atomic E-state index is -0.0379. The van der Waals surface area contributed by atoms with Crippen LogP contribution in [0.2, 0.25) is 0 Å². The average Bonchev–Trinajstić information content (AvgIpc) is 2.73. The fraction of sp³-hybridized carbons (Fsp3) is 0.364. The van der Waals surface area contributed by atoms with Gasteiger partial charge in [0, 0.05) is 36.1 Å². The number of piperidine rings is 1. The Hall–Kier alpha value is -2.54. The number of carbonyl (C=O) groups excluding carboxylic acids is 2. The van der Waals surface area contributed by atoms with E-state index in [1.165, 1.54) is 6.92 Å². The zero-order chi connectivity index (χ0) is 20.8. The number of hydrogen-bond acceptors (Lipinski definition) is 4. The van der Waals surface area contributed by atoms with Gasteiger partial charge in [-0.1, -0.05) is 28.1 Å². The summed E-state index contributed by atoms with van der Waals surface area (Å²) in [7, 11) is 1.56. The first-order valence-electron chi connectivity index (χ1n) is 9.58. The van der Waals surface area contributed by atoms with Crippen LogP contribution in [0.25, 0.3) is 0 Å². The molecule has 29 heavy (non-hydrogen) atoms. The molecule has 2 aromatic carbocycles. The third-order valence-corrected chi connectivity index (χ3v) is 5.44. The highest BCUT2D eigenvalue weighted by molar-refractivity contribution is 9.10. The van der Waals surface area contributed by atoms with Crippen LogP contribution in [0.3, 0.4) is 0 Å². The molecule has 1 N–H and O–H groups in total. The molecule has 0 aliphatic carbocycles. The van der Waals surface area contributed by atoms with Crippen LogP contribution in [0, 0.1) is 0 Å². The highest BCUT2D eigenvalue weighted by Gasteiger charge is 2.24. The topological polar surface area (TPSA) is 67.9 Å². The zero-order valence-electron chi connectivity index (χ0n) is 16.6. The second-order valence-corrected chi connectivity index (χ2v) is 7.96. The molecular formula is C22H25BrN2O4. The third kappa shape index (κ3) is 5.73. The van der Waals surface area contributed by atoms with Gasteiger partial charge in [0.1, 0.15) is 6.61 Å². The molecule has 2 amide bonds. The molecule has 3 rings (SSSR count). The van der Waals surface area contributed by atoms with Gasteiger partial charge in [0.15, 0.2) is 11.5 Å². The Bertz CT molecular complexity index is 862. The summed E-state index contributed by atoms with van der Waals surface area (Å²) in [6, 6.07) is 13.3. The maximum atomic E-state index is 12.9. The van der Waals surface area contributed by atoms with E-state index in [1.807, 2.05) is 29.2 Å². The van der Waals surface area contributed by atoms with Crippen molar-refractivity contribution in [2.45, 2.75) is 32.4 Å². The first kappa shape index (κ1) is 21.2. The molecule has 1 fully saturated rings. The number of benzene rings is 2. The van der Waals surface area contributed by atoms with Gasteiger partial charge in [-0.25, -0.2) is 0 Å². The summed E-state index contributed by atoms with van der Waals surface area (Å²) in [5.41, 5.74) is 1.60. The normalized spacial score (nSPS) is 14.4. The molecule has 0 radical (unpaired) electrons. The van der Waals surface area contributed by atoms with Crippen LogP contribution >= 0.6 is 15.9 Å². The number of nitrogens with zero attached hydrogens (tertiary/aromatic N) is 1. The minimum absolute atomic E-state index is 0.0294. The average molecular weight is 461 g/mol. The molecule has 0 unspecified atom stereocenters. The van der Waals surface area contributed by atoms with E-state index in [0.717, 1.165) is 22.9 Å². The Kier molecular flexibility index (Phi) is 7.14. The Morgan fingerprint density at radius 3 is 2.41 bits per heavy atom. The lowest BCUT2D eigenvalue weighted by Crippen LogP contribution is -2.46. The summed E-state index contributed by atoms with van der Waals surface area (Å²) >= 11 is 3.42. The van der Waals surface area contributed by atoms with Crippen LogP contribution in [0.5, 0.6) is 11.5 Å². The quantitative estimate of drug-likeness (QED) is 0.711. The van der Waals surface area contributed by atoms with E-state index in [0.29, 0.717) is 36.8 Å². The molecule has 154 valence electrons. The summed E-state index contributed by atoms with van der Waals surface area (Å²) in [6.07, 6.45) is 1.52. The van der Waals surface area contributed by atoms with Crippen molar-refractivity contribution in [3.63, 3.8) is 0 Å². The fourth-order valence-electron chi connectivity index (χ4n) is 3.36. The molecule has 0 bridgehead atoms. The lowest BCUT2D eigenvalue weighted by atomic mass is 10.0. The SMILES string of the molecule is COc1cc(C(=O)N2CCC(NC(C)=O)CC2)ccc1OCc1ccc(Br)cc1. The van der Waals surface area contributed by atoms with Gasteiger partial charge in [0.2, 0.25) is 5.91 Å². The van der Waals surface area contributed by atoms with Gasteiger partial charge in [0.25, 0.3) is 5.91 Å². The maximum absolute atomic E-state index is 12.9. The molecule has 0 saturated carbocycles. The van der Waals surface area contributed by atoms with Gasteiger partial charge in [-0.3, -0.25) is 9.59 Å². The monoisotopic (exact) mass is 460 g/mol. The van der Waals surface area contributed by atoms with Gasteiger partial charge in [-0.05, 0) is 48.7 Å². The van der Waals surface area contributed by atoms with Crippen molar-refractivity contribution in [3.8, 4) is 11.5 Å². The molecule has 2 aromatic rings. The van der Waals surface area contributed by atoms with Crippen molar-refractivity contribution in [2.24, 2.45) is 0 Å². The molecule has 1 aliphatic heterocycles. The predicted molar refractivity (Wildman–Crippen MR) is 114 cm³/mol. The molecule has 1 heterocycles. The highest BCUT2D eigenvalue weighted by Crippen LogP contribution is 2.30. The molecule has 1 aliphatic rings. The van der Waals surface area contributed by atoms with Crippen LogP contribution in [0.4, 0.5) is 0 Å². The molecule has 0 aromatic heterocycles. The van der Waals surface area contributed by atoms with Crippen molar-refractivity contribution < 1.29 is 19.1 Å². The number of hydrogen-bond donors (Lipinski definition) is 1. The highest BCUT2D eigenvalue weighted by atomic mass is 79.9. The number of likely N-dealkylation sites (tertiary alicyclic amines) is 1. The predicted octanol–water partition coefficient (Wildman–Crippen LogP) is 3.78. The molecule has 7 heteroatoms. The van der Waals surface area contributed by atoms with Gasteiger partial charge in [-0.2, -0.15) is 0 Å². The lowest BCUT2D eigenvalue weighted by molar-refractivity contribution is -0.119. The maximum Gasteiger partial charge on any atom is 0.253 e. The fourth-order valence-corrected chi connectivity index (χ4v) is 3.62. The van der Waals surface area contributed by atoms with Crippen molar-refractivity contribution in [1.82, 2.24) is 10.2 Å². The van der Waals surface area contributed by atoms with E-state index in [4.69, 9.17) is 9.47 Å². The number of nitrogens with one attached hydrogen (secondary N) is 1. The second kappa shape index (κ2) is 9.78. The van der Waals surface area contributed by atoms with E-state index >= 15 is 0 Å². The molecular weight excluding hydrogens is 436 g/mol. The molecule has 0 spiro atoms. The number of rotatable bonds is 6. The van der Waals surface area contributed by atoms with E-state index < -0.39 is 0 Å². The number of methoxy groups -OCH3 is 1. The van der Waals surface area contributed by atoms with Gasteiger partial charge in [-0.15, -0.1) is 0 Å². The van der Waals surface area contributed by atoms with Gasteiger partial charge >= 0.3 is 0 Å². The van der Waals surface area contributed by atoms with E-state index in [-0.39, 0.29) is 17.9 Å². The molecule has 1 saturated heterocycles. The minimum Gasteiger partial charge on any atom is -0.493 e. The summed E-state index contributed by atoms with van der Waals surface area (Å²) in [5, 5.41) is 2.92. The largest absolute Gasteiger partial charge is 0.493 e. The Morgan fingerprint density at radius 2 is 1.79 bits per heavy atom. The first-order valence-corrected chi connectivity index (χ1v) is 10.4. The van der Waals surface area contributed by atoms with Crippen LogP contribution < -0.4 is 14.8 Å². The van der Waals surface area contributed by atoms with Crippen LogP contribution in [-0.2, 0) is 11.4 Å². The first-order chi connectivity index (χ1) is 14.0. The summed E-state index contributed by atoms with van der Waals surface area (Å²) in [6.45, 7) is 3.17. The van der Waals surface area contributed by atoms with Crippen LogP contribution in [-0.4, -0.2) is 43.0 Å². The van der Waals surface area contributed by atoms with Crippen molar-refractivity contribution in [3.05, 3.63) is 58.1 Å². The zero-order valence-corrected chi connectivity index (χ0v) is 18.2. The van der Waals surface area contributed by atoms with Crippen molar-refractivity contribution in [2.75, 3.05) is 20.2 Å². The second-order valence-electron chi connectivity index (χ2n) is 7.05. The summed E-state index contributed by atoms with van der Waals surface area (Å²) in [5.74, 6) is 1.06. The third-order valence-electron chi connectivity index (χ3n) is 4.91. The number of carbonyl (C=O) groups is 2. The van der Waals surface area contributed by atoms with Crippen molar-refractivity contribution in [1.29, 1.82) is 0 Å². The van der Waals surface area contributed by atoms with E-state index in [9.17, 15) is 9.59 Å². The summed E-state index contributed by atoms with van der Waals surface area (Å²) < 4.78 is 12.3. The van der Waals surface area contributed by atoms with Crippen molar-refractivity contribution >= 4 is 27.7 Å². The lowest BCUT2D eigenvalue weighted by Gasteiger charge is -2.32. The molecule has 6 nitrogen and oxygen atoms in total. The molecule has 0 atom stereocenters. The van der Waals surface area contributed by atoms with Crippen LogP contribution in [0.15, 0.2) is 46.9 Å². The van der Waals surface area contributed by atoms with E-state index in [1.54, 1.807) is 25.3 Å². The van der Waals surface area contributed by atoms with E-state index in [2.05, 4.69) is 21.2 Å². The van der Waals surface area contributed by atoms with Gasteiger partial charge < -0.3 is 19.7 Å². The Labute approximate surface area is 179 Å². The Balaban J connectivity index is 1.62. The van der Waals surface area contributed by atoms with Gasteiger partial charge in [0.05, 0.1) is 7.11 Å². The smallest absolute Gasteiger partial charge is 0.253 e. The standard InChI is InChI=1S/C22H25BrN2O4/c1-15(26)24-19-9-11-25(12-10-19)22(27)17-5-8-20(21(13-17)28-2)29-14-16-3-6-18(23)7-4-16/h3-8,13,19H,9-12,14H2,1-2H3,(H,24,26).